The summed E-state index contributed by atoms with van der Waals surface area (Å²) in [5, 5.41) is 0. The van der Waals surface area contributed by atoms with Gasteiger partial charge in [0.1, 0.15) is 13.2 Å². The Bertz CT molecular complexity index is 719. The fourth-order valence-corrected chi connectivity index (χ4v) is 4.70. The van der Waals surface area contributed by atoms with Gasteiger partial charge in [0.15, 0.2) is 18.1 Å². The topological polar surface area (TPSA) is 65.1 Å². The second-order valence-corrected chi connectivity index (χ2v) is 8.03. The maximum atomic E-state index is 12.3. The van der Waals surface area contributed by atoms with E-state index in [0.29, 0.717) is 43.8 Å². The molecule has 1 aromatic rings. The first-order valence-electron chi connectivity index (χ1n) is 9.86. The Labute approximate surface area is 159 Å². The maximum absolute atomic E-state index is 12.3. The molecule has 2 aliphatic carbocycles. The molecule has 1 heterocycles. The molecule has 2 bridgehead atoms. The fourth-order valence-electron chi connectivity index (χ4n) is 4.70. The van der Waals surface area contributed by atoms with Gasteiger partial charge in [0.2, 0.25) is 0 Å². The molecule has 146 valence electrons. The van der Waals surface area contributed by atoms with Gasteiger partial charge in [-0.2, -0.15) is 0 Å². The van der Waals surface area contributed by atoms with Crippen molar-refractivity contribution in [2.75, 3.05) is 26.9 Å². The van der Waals surface area contributed by atoms with Crippen LogP contribution in [-0.2, 0) is 20.9 Å². The fraction of sp³-hybridized carbons (Fsp3) is 0.619. The van der Waals surface area contributed by atoms with Gasteiger partial charge in [0.05, 0.1) is 0 Å². The van der Waals surface area contributed by atoms with Crippen LogP contribution in [0.2, 0.25) is 0 Å². The molecule has 3 aliphatic rings. The van der Waals surface area contributed by atoms with E-state index in [1.54, 1.807) is 11.9 Å². The maximum Gasteiger partial charge on any atom is 0.306 e. The molecule has 4 rings (SSSR count). The van der Waals surface area contributed by atoms with Gasteiger partial charge in [0.25, 0.3) is 5.91 Å². The van der Waals surface area contributed by atoms with E-state index in [0.717, 1.165) is 23.7 Å². The first kappa shape index (κ1) is 18.1. The van der Waals surface area contributed by atoms with Crippen LogP contribution in [0.4, 0.5) is 0 Å². The Morgan fingerprint density at radius 2 is 1.96 bits per heavy atom. The zero-order valence-corrected chi connectivity index (χ0v) is 15.8. The van der Waals surface area contributed by atoms with Gasteiger partial charge in [-0.3, -0.25) is 9.59 Å². The Balaban J connectivity index is 1.22. The van der Waals surface area contributed by atoms with E-state index in [-0.39, 0.29) is 18.5 Å². The summed E-state index contributed by atoms with van der Waals surface area (Å²) in [4.78, 5) is 26.0. The van der Waals surface area contributed by atoms with E-state index < -0.39 is 0 Å². The van der Waals surface area contributed by atoms with Crippen molar-refractivity contribution in [2.45, 2.75) is 38.6 Å². The van der Waals surface area contributed by atoms with Crippen LogP contribution in [0.5, 0.6) is 11.5 Å². The monoisotopic (exact) mass is 373 g/mol. The molecule has 27 heavy (non-hydrogen) atoms. The molecule has 0 saturated heterocycles. The zero-order valence-electron chi connectivity index (χ0n) is 15.8. The Hall–Kier alpha value is -2.24. The first-order chi connectivity index (χ1) is 13.1. The number of ether oxygens (including phenoxy) is 3. The second-order valence-electron chi connectivity index (χ2n) is 8.03. The minimum atomic E-state index is -0.242. The predicted molar refractivity (Wildman–Crippen MR) is 98.4 cm³/mol. The largest absolute Gasteiger partial charge is 0.486 e. The lowest BCUT2D eigenvalue weighted by atomic mass is 9.86. The minimum absolute atomic E-state index is 0.194. The van der Waals surface area contributed by atoms with E-state index in [9.17, 15) is 9.59 Å². The summed E-state index contributed by atoms with van der Waals surface area (Å²) in [6.45, 7) is 1.32. The quantitative estimate of drug-likeness (QED) is 0.718. The molecule has 0 unspecified atom stereocenters. The lowest BCUT2D eigenvalue weighted by Crippen LogP contribution is -2.31. The van der Waals surface area contributed by atoms with E-state index in [1.165, 1.54) is 19.3 Å². The minimum Gasteiger partial charge on any atom is -0.486 e. The van der Waals surface area contributed by atoms with Crippen LogP contribution in [0.15, 0.2) is 18.2 Å². The third-order valence-electron chi connectivity index (χ3n) is 6.12. The van der Waals surface area contributed by atoms with Crippen LogP contribution >= 0.6 is 0 Å². The molecule has 6 nitrogen and oxygen atoms in total. The van der Waals surface area contributed by atoms with Crippen molar-refractivity contribution in [3.63, 3.8) is 0 Å². The molecule has 3 atom stereocenters. The lowest BCUT2D eigenvalue weighted by Gasteiger charge is -2.22. The molecular formula is C21H27NO5. The number of rotatable bonds is 6. The summed E-state index contributed by atoms with van der Waals surface area (Å²) in [6, 6.07) is 5.66. The van der Waals surface area contributed by atoms with Gasteiger partial charge in [-0.1, -0.05) is 12.5 Å². The highest BCUT2D eigenvalue weighted by molar-refractivity contribution is 5.80. The molecule has 1 aliphatic heterocycles. The SMILES string of the molecule is CN(Cc1ccc2c(c1)OCCO2)C(=O)COC(=O)C[C@@H]1C[C@@H]2CC[C@@H]1C2. The van der Waals surface area contributed by atoms with Crippen molar-refractivity contribution >= 4 is 11.9 Å². The zero-order chi connectivity index (χ0) is 18.8. The van der Waals surface area contributed by atoms with Crippen LogP contribution < -0.4 is 9.47 Å². The van der Waals surface area contributed by atoms with E-state index >= 15 is 0 Å². The highest BCUT2D eigenvalue weighted by atomic mass is 16.6. The standard InChI is InChI=1S/C21H27NO5/c1-22(12-15-3-5-18-19(10-15)26-7-6-25-18)20(23)13-27-21(24)11-17-9-14-2-4-16(17)8-14/h3,5,10,14,16-17H,2,4,6-9,11-13H2,1H3/t14-,16-,17+/m1/s1. The molecule has 6 heteroatoms. The average molecular weight is 373 g/mol. The van der Waals surface area contributed by atoms with Gasteiger partial charge >= 0.3 is 5.97 Å². The number of amides is 1. The normalized spacial score (nSPS) is 25.3. The van der Waals surface area contributed by atoms with Crippen LogP contribution in [0, 0.1) is 17.8 Å². The number of hydrogen-bond donors (Lipinski definition) is 0. The predicted octanol–water partition coefficient (Wildman–Crippen LogP) is 2.79. The molecule has 0 N–H and O–H groups in total. The van der Waals surface area contributed by atoms with Gasteiger partial charge in [0, 0.05) is 20.0 Å². The molecule has 1 amide bonds. The molecule has 2 fully saturated rings. The van der Waals surface area contributed by atoms with Gasteiger partial charge in [-0.05, 0) is 54.7 Å². The summed E-state index contributed by atoms with van der Waals surface area (Å²) in [7, 11) is 1.71. The lowest BCUT2D eigenvalue weighted by molar-refractivity contribution is -0.152. The summed E-state index contributed by atoms with van der Waals surface area (Å²) >= 11 is 0. The van der Waals surface area contributed by atoms with Crippen LogP contribution in [0.3, 0.4) is 0 Å². The van der Waals surface area contributed by atoms with Crippen molar-refractivity contribution < 1.29 is 23.8 Å². The first-order valence-corrected chi connectivity index (χ1v) is 9.86. The number of esters is 1. The number of nitrogens with zero attached hydrogens (tertiary/aromatic N) is 1. The van der Waals surface area contributed by atoms with Crippen LogP contribution in [0.1, 0.15) is 37.7 Å². The highest BCUT2D eigenvalue weighted by Crippen LogP contribution is 2.49. The van der Waals surface area contributed by atoms with Crippen LogP contribution in [0.25, 0.3) is 0 Å². The highest BCUT2D eigenvalue weighted by Gasteiger charge is 2.40. The van der Waals surface area contributed by atoms with Crippen molar-refractivity contribution in [1.82, 2.24) is 4.90 Å². The van der Waals surface area contributed by atoms with E-state index in [4.69, 9.17) is 14.2 Å². The molecule has 0 aromatic heterocycles. The molecule has 2 saturated carbocycles. The smallest absolute Gasteiger partial charge is 0.306 e. The summed E-state index contributed by atoms with van der Waals surface area (Å²) in [5.41, 5.74) is 0.948. The van der Waals surface area contributed by atoms with Crippen molar-refractivity contribution in [3.8, 4) is 11.5 Å². The van der Waals surface area contributed by atoms with Crippen molar-refractivity contribution in [1.29, 1.82) is 0 Å². The molecule has 0 radical (unpaired) electrons. The Kier molecular flexibility index (Phi) is 5.23. The third kappa shape index (κ3) is 4.20. The average Bonchev–Trinajstić information content (AvgIpc) is 3.29. The van der Waals surface area contributed by atoms with Gasteiger partial charge in [-0.15, -0.1) is 0 Å². The molecular weight excluding hydrogens is 346 g/mol. The number of benzene rings is 1. The van der Waals surface area contributed by atoms with Crippen LogP contribution in [-0.4, -0.2) is 43.6 Å². The van der Waals surface area contributed by atoms with Gasteiger partial charge < -0.3 is 19.1 Å². The number of fused-ring (bicyclic) bond motifs is 3. The number of carbonyl (C=O) groups excluding carboxylic acids is 2. The van der Waals surface area contributed by atoms with E-state index in [1.807, 2.05) is 18.2 Å². The van der Waals surface area contributed by atoms with E-state index in [2.05, 4.69) is 0 Å². The van der Waals surface area contributed by atoms with Crippen molar-refractivity contribution in [2.24, 2.45) is 17.8 Å². The number of likely N-dealkylation sites (N-methyl/N-ethyl adjacent to an activating group) is 1. The Morgan fingerprint density at radius 1 is 1.15 bits per heavy atom. The Morgan fingerprint density at radius 3 is 2.70 bits per heavy atom. The molecule has 1 aromatic carbocycles. The van der Waals surface area contributed by atoms with Gasteiger partial charge in [-0.25, -0.2) is 0 Å². The summed E-state index contributed by atoms with van der Waals surface area (Å²) in [5.74, 6) is 2.95. The summed E-state index contributed by atoms with van der Waals surface area (Å²) < 4.78 is 16.3. The number of hydrogen-bond acceptors (Lipinski definition) is 5. The van der Waals surface area contributed by atoms with Crippen molar-refractivity contribution in [3.05, 3.63) is 23.8 Å². The third-order valence-corrected chi connectivity index (χ3v) is 6.12. The summed E-state index contributed by atoms with van der Waals surface area (Å²) in [6.07, 6.45) is 5.45. The molecule has 0 spiro atoms. The second kappa shape index (κ2) is 7.79. The number of carbonyl (C=O) groups is 2.